The van der Waals surface area contributed by atoms with E-state index in [0.29, 0.717) is 5.69 Å². The standard InChI is InChI=1S/C10H12F3N3OS/c11-10(12,13)18-4-3-16-6-1-2-8(14)7(5-6)9(15)17/h1-2,5,16H,3-4,14H2,(H2,15,17). The van der Waals surface area contributed by atoms with Crippen LogP contribution in [0.4, 0.5) is 24.5 Å². The van der Waals surface area contributed by atoms with Crippen LogP contribution in [0.15, 0.2) is 18.2 Å². The summed E-state index contributed by atoms with van der Waals surface area (Å²) in [6.07, 6.45) is 0. The molecule has 0 radical (unpaired) electrons. The van der Waals surface area contributed by atoms with Gasteiger partial charge in [0.15, 0.2) is 0 Å². The molecule has 100 valence electrons. The summed E-state index contributed by atoms with van der Waals surface area (Å²) < 4.78 is 35.6. The second-order valence-electron chi connectivity index (χ2n) is 3.39. The van der Waals surface area contributed by atoms with Crippen molar-refractivity contribution in [2.45, 2.75) is 5.51 Å². The van der Waals surface area contributed by atoms with Gasteiger partial charge in [-0.2, -0.15) is 13.2 Å². The van der Waals surface area contributed by atoms with Crippen molar-refractivity contribution in [3.8, 4) is 0 Å². The number of amides is 1. The van der Waals surface area contributed by atoms with E-state index in [4.69, 9.17) is 11.5 Å². The van der Waals surface area contributed by atoms with Crippen LogP contribution in [0.5, 0.6) is 0 Å². The Hall–Kier alpha value is -1.57. The molecule has 18 heavy (non-hydrogen) atoms. The normalized spacial score (nSPS) is 11.3. The molecular formula is C10H12F3N3OS. The quantitative estimate of drug-likeness (QED) is 0.569. The number of thioether (sulfide) groups is 1. The molecule has 0 aliphatic rings. The van der Waals surface area contributed by atoms with Gasteiger partial charge in [-0.1, -0.05) is 0 Å². The lowest BCUT2D eigenvalue weighted by Gasteiger charge is -2.09. The van der Waals surface area contributed by atoms with Crippen LogP contribution in [0.3, 0.4) is 0 Å². The fourth-order valence-corrected chi connectivity index (χ4v) is 1.68. The lowest BCUT2D eigenvalue weighted by molar-refractivity contribution is -0.0327. The fourth-order valence-electron chi connectivity index (χ4n) is 1.24. The number of halogens is 3. The second kappa shape index (κ2) is 5.85. The van der Waals surface area contributed by atoms with Crippen LogP contribution >= 0.6 is 11.8 Å². The predicted octanol–water partition coefficient (Wildman–Crippen LogP) is 2.03. The van der Waals surface area contributed by atoms with Gasteiger partial charge in [0, 0.05) is 23.7 Å². The van der Waals surface area contributed by atoms with E-state index in [9.17, 15) is 18.0 Å². The number of nitrogens with one attached hydrogen (secondary N) is 1. The van der Waals surface area contributed by atoms with E-state index in [1.165, 1.54) is 12.1 Å². The first-order valence-corrected chi connectivity index (χ1v) is 5.92. The van der Waals surface area contributed by atoms with Gasteiger partial charge >= 0.3 is 5.51 Å². The summed E-state index contributed by atoms with van der Waals surface area (Å²) in [6.45, 7) is 0.117. The largest absolute Gasteiger partial charge is 0.441 e. The molecular weight excluding hydrogens is 267 g/mol. The molecule has 0 aliphatic heterocycles. The summed E-state index contributed by atoms with van der Waals surface area (Å²) in [4.78, 5) is 11.0. The Morgan fingerprint density at radius 2 is 2.06 bits per heavy atom. The molecule has 0 bridgehead atoms. The van der Waals surface area contributed by atoms with Crippen molar-refractivity contribution in [2.75, 3.05) is 23.3 Å². The van der Waals surface area contributed by atoms with Crippen LogP contribution in [-0.4, -0.2) is 23.7 Å². The van der Waals surface area contributed by atoms with Crippen molar-refractivity contribution in [3.05, 3.63) is 23.8 Å². The maximum absolute atomic E-state index is 11.9. The number of alkyl halides is 3. The van der Waals surface area contributed by atoms with Crippen LogP contribution < -0.4 is 16.8 Å². The van der Waals surface area contributed by atoms with Gasteiger partial charge in [-0.3, -0.25) is 4.79 Å². The van der Waals surface area contributed by atoms with Crippen LogP contribution in [0.1, 0.15) is 10.4 Å². The predicted molar refractivity (Wildman–Crippen MR) is 66.4 cm³/mol. The molecule has 0 aliphatic carbocycles. The van der Waals surface area contributed by atoms with Gasteiger partial charge in [0.25, 0.3) is 5.91 Å². The van der Waals surface area contributed by atoms with Crippen molar-refractivity contribution in [1.82, 2.24) is 0 Å². The smallest absolute Gasteiger partial charge is 0.398 e. The summed E-state index contributed by atoms with van der Waals surface area (Å²) in [5.74, 6) is -0.805. The van der Waals surface area contributed by atoms with Gasteiger partial charge in [0.2, 0.25) is 0 Å². The Labute approximate surface area is 106 Å². The Kier molecular flexibility index (Phi) is 4.71. The van der Waals surface area contributed by atoms with Gasteiger partial charge in [0.1, 0.15) is 0 Å². The molecule has 1 aromatic rings. The number of anilines is 2. The SMILES string of the molecule is NC(=O)c1cc(NCCSC(F)(F)F)ccc1N. The zero-order valence-corrected chi connectivity index (χ0v) is 10.1. The minimum Gasteiger partial charge on any atom is -0.398 e. The molecule has 0 unspecified atom stereocenters. The molecule has 8 heteroatoms. The number of nitrogen functional groups attached to an aromatic ring is 1. The molecule has 0 heterocycles. The highest BCUT2D eigenvalue weighted by Gasteiger charge is 2.27. The van der Waals surface area contributed by atoms with Crippen LogP contribution in [-0.2, 0) is 0 Å². The van der Waals surface area contributed by atoms with Crippen LogP contribution in [0.25, 0.3) is 0 Å². The average Bonchev–Trinajstić information content (AvgIpc) is 2.24. The Bertz CT molecular complexity index is 437. The molecule has 1 aromatic carbocycles. The number of carbonyl (C=O) groups is 1. The average molecular weight is 279 g/mol. The van der Waals surface area contributed by atoms with Gasteiger partial charge < -0.3 is 16.8 Å². The maximum Gasteiger partial charge on any atom is 0.441 e. The monoisotopic (exact) mass is 279 g/mol. The molecule has 0 spiro atoms. The number of hydrogen-bond acceptors (Lipinski definition) is 4. The van der Waals surface area contributed by atoms with E-state index >= 15 is 0 Å². The van der Waals surface area contributed by atoms with Crippen LogP contribution in [0, 0.1) is 0 Å². The van der Waals surface area contributed by atoms with Gasteiger partial charge in [0.05, 0.1) is 5.56 Å². The number of nitrogens with two attached hydrogens (primary N) is 2. The van der Waals surface area contributed by atoms with Crippen molar-refractivity contribution >= 4 is 29.0 Å². The number of primary amides is 1. The summed E-state index contributed by atoms with van der Waals surface area (Å²) in [5.41, 5.74) is 7.26. The first-order chi connectivity index (χ1) is 8.29. The summed E-state index contributed by atoms with van der Waals surface area (Å²) >= 11 is -0.112. The molecule has 0 fully saturated rings. The fraction of sp³-hybridized carbons (Fsp3) is 0.300. The van der Waals surface area contributed by atoms with Crippen molar-refractivity contribution < 1.29 is 18.0 Å². The van der Waals surface area contributed by atoms with Gasteiger partial charge in [-0.25, -0.2) is 0 Å². The lowest BCUT2D eigenvalue weighted by Crippen LogP contribution is -2.14. The summed E-state index contributed by atoms with van der Waals surface area (Å²) in [7, 11) is 0. The Morgan fingerprint density at radius 3 is 2.61 bits per heavy atom. The number of carbonyl (C=O) groups excluding carboxylic acids is 1. The van der Waals surface area contributed by atoms with Gasteiger partial charge in [-0.15, -0.1) is 0 Å². The Morgan fingerprint density at radius 1 is 1.39 bits per heavy atom. The highest BCUT2D eigenvalue weighted by Crippen LogP contribution is 2.29. The number of benzene rings is 1. The molecule has 0 aromatic heterocycles. The molecule has 1 amide bonds. The van der Waals surface area contributed by atoms with Crippen molar-refractivity contribution in [3.63, 3.8) is 0 Å². The molecule has 0 saturated heterocycles. The summed E-state index contributed by atoms with van der Waals surface area (Å²) in [6, 6.07) is 4.45. The molecule has 1 rings (SSSR count). The first kappa shape index (κ1) is 14.5. The van der Waals surface area contributed by atoms with E-state index in [1.54, 1.807) is 6.07 Å². The maximum atomic E-state index is 11.9. The molecule has 0 saturated carbocycles. The molecule has 5 N–H and O–H groups in total. The van der Waals surface area contributed by atoms with Crippen molar-refractivity contribution in [1.29, 1.82) is 0 Å². The van der Waals surface area contributed by atoms with Gasteiger partial charge in [-0.05, 0) is 30.0 Å². The minimum atomic E-state index is -4.23. The highest BCUT2D eigenvalue weighted by molar-refractivity contribution is 8.00. The third-order valence-corrected chi connectivity index (χ3v) is 2.75. The third-order valence-electron chi connectivity index (χ3n) is 2.02. The zero-order valence-electron chi connectivity index (χ0n) is 9.25. The molecule has 0 atom stereocenters. The van der Waals surface area contributed by atoms with E-state index in [0.717, 1.165) is 0 Å². The number of rotatable bonds is 5. The third kappa shape index (κ3) is 4.74. The summed E-state index contributed by atoms with van der Waals surface area (Å²) in [5, 5.41) is 2.76. The van der Waals surface area contributed by atoms with E-state index in [2.05, 4.69) is 5.32 Å². The highest BCUT2D eigenvalue weighted by atomic mass is 32.2. The van der Waals surface area contributed by atoms with Crippen LogP contribution in [0.2, 0.25) is 0 Å². The van der Waals surface area contributed by atoms with E-state index < -0.39 is 11.4 Å². The minimum absolute atomic E-state index is 0.112. The molecule has 4 nitrogen and oxygen atoms in total. The Balaban J connectivity index is 2.53. The number of hydrogen-bond donors (Lipinski definition) is 3. The van der Waals surface area contributed by atoms with Crippen molar-refractivity contribution in [2.24, 2.45) is 5.73 Å². The lowest BCUT2D eigenvalue weighted by atomic mass is 10.1. The topological polar surface area (TPSA) is 81.1 Å². The van der Waals surface area contributed by atoms with E-state index in [1.807, 2.05) is 0 Å². The zero-order chi connectivity index (χ0) is 13.8. The second-order valence-corrected chi connectivity index (χ2v) is 4.55. The van der Waals surface area contributed by atoms with E-state index in [-0.39, 0.29) is 35.3 Å². The first-order valence-electron chi connectivity index (χ1n) is 4.93.